The number of hydrogen-bond donors (Lipinski definition) is 4. The van der Waals surface area contributed by atoms with Gasteiger partial charge >= 0.3 is 0 Å². The van der Waals surface area contributed by atoms with Crippen LogP contribution in [0.2, 0.25) is 0 Å². The maximum atomic E-state index is 10.1. The average molecular weight is 312 g/mol. The summed E-state index contributed by atoms with van der Waals surface area (Å²) in [5.74, 6) is -0.357. The lowest BCUT2D eigenvalue weighted by molar-refractivity contribution is 0.403. The van der Waals surface area contributed by atoms with Crippen molar-refractivity contribution >= 4 is 12.2 Å². The smallest absolute Gasteiger partial charge is 0.157 e. The Morgan fingerprint density at radius 3 is 2.26 bits per heavy atom. The van der Waals surface area contributed by atoms with Crippen LogP contribution in [0, 0.1) is 0 Å². The Labute approximate surface area is 135 Å². The Hall–Kier alpha value is -2.88. The Bertz CT molecular complexity index is 769. The fourth-order valence-electron chi connectivity index (χ4n) is 2.17. The topological polar surface area (TPSA) is 80.9 Å². The first-order valence-corrected chi connectivity index (χ1v) is 7.25. The second-order valence-electron chi connectivity index (χ2n) is 5.60. The summed E-state index contributed by atoms with van der Waals surface area (Å²) in [7, 11) is 0. The highest BCUT2D eigenvalue weighted by Crippen LogP contribution is 2.30. The van der Waals surface area contributed by atoms with Crippen molar-refractivity contribution in [3.8, 4) is 23.0 Å². The summed E-state index contributed by atoms with van der Waals surface area (Å²) in [6, 6.07) is 7.38. The van der Waals surface area contributed by atoms with E-state index in [1.807, 2.05) is 19.9 Å². The molecule has 2 aromatic rings. The maximum absolute atomic E-state index is 10.1. The van der Waals surface area contributed by atoms with Crippen molar-refractivity contribution in [1.82, 2.24) is 0 Å². The van der Waals surface area contributed by atoms with Crippen LogP contribution in [0.1, 0.15) is 30.5 Å². The van der Waals surface area contributed by atoms with E-state index in [2.05, 4.69) is 0 Å². The summed E-state index contributed by atoms with van der Waals surface area (Å²) >= 11 is 0. The van der Waals surface area contributed by atoms with E-state index >= 15 is 0 Å². The van der Waals surface area contributed by atoms with Crippen molar-refractivity contribution < 1.29 is 20.4 Å². The van der Waals surface area contributed by atoms with Gasteiger partial charge in [0.15, 0.2) is 11.5 Å². The van der Waals surface area contributed by atoms with E-state index in [0.717, 1.165) is 5.57 Å². The Morgan fingerprint density at radius 1 is 0.870 bits per heavy atom. The number of phenols is 4. The van der Waals surface area contributed by atoms with Crippen molar-refractivity contribution in [2.45, 2.75) is 20.3 Å². The van der Waals surface area contributed by atoms with Crippen molar-refractivity contribution in [3.05, 3.63) is 58.7 Å². The summed E-state index contributed by atoms with van der Waals surface area (Å²) in [5, 5.41) is 38.6. The Kier molecular flexibility index (Phi) is 4.96. The van der Waals surface area contributed by atoms with E-state index < -0.39 is 0 Å². The molecule has 0 spiro atoms. The molecule has 4 N–H and O–H groups in total. The first kappa shape index (κ1) is 16.5. The highest BCUT2D eigenvalue weighted by molar-refractivity contribution is 5.74. The van der Waals surface area contributed by atoms with Gasteiger partial charge in [-0.1, -0.05) is 29.9 Å². The second-order valence-corrected chi connectivity index (χ2v) is 5.60. The van der Waals surface area contributed by atoms with E-state index in [-0.39, 0.29) is 23.0 Å². The van der Waals surface area contributed by atoms with Crippen molar-refractivity contribution in [2.75, 3.05) is 0 Å². The summed E-state index contributed by atoms with van der Waals surface area (Å²) in [6.07, 6.45) is 6.03. The zero-order valence-electron chi connectivity index (χ0n) is 13.1. The van der Waals surface area contributed by atoms with Gasteiger partial charge in [0.2, 0.25) is 0 Å². The zero-order valence-corrected chi connectivity index (χ0v) is 13.1. The first-order valence-electron chi connectivity index (χ1n) is 7.25. The molecule has 23 heavy (non-hydrogen) atoms. The molecule has 0 fully saturated rings. The normalized spacial score (nSPS) is 10.9. The first-order chi connectivity index (χ1) is 10.9. The molecule has 0 aliphatic carbocycles. The molecule has 2 rings (SSSR count). The number of benzene rings is 2. The van der Waals surface area contributed by atoms with Gasteiger partial charge in [-0.15, -0.1) is 0 Å². The van der Waals surface area contributed by atoms with Crippen molar-refractivity contribution in [3.63, 3.8) is 0 Å². The molecular formula is C19H20O4. The number of rotatable bonds is 4. The minimum Gasteiger partial charge on any atom is -0.508 e. The number of allylic oxidation sites excluding steroid dienone is 2. The molecule has 0 heterocycles. The molecule has 0 aromatic heterocycles. The van der Waals surface area contributed by atoms with Gasteiger partial charge in [-0.25, -0.2) is 0 Å². The lowest BCUT2D eigenvalue weighted by Crippen LogP contribution is -1.89. The third kappa shape index (κ3) is 4.30. The third-order valence-corrected chi connectivity index (χ3v) is 3.41. The van der Waals surface area contributed by atoms with Crippen LogP contribution >= 0.6 is 0 Å². The molecule has 0 atom stereocenters. The van der Waals surface area contributed by atoms with Crippen LogP contribution in [0.3, 0.4) is 0 Å². The minimum absolute atomic E-state index is 0.0170. The molecule has 0 unspecified atom stereocenters. The quantitative estimate of drug-likeness (QED) is 0.388. The van der Waals surface area contributed by atoms with Gasteiger partial charge in [0.1, 0.15) is 11.5 Å². The van der Waals surface area contributed by atoms with Crippen LogP contribution < -0.4 is 0 Å². The van der Waals surface area contributed by atoms with Crippen LogP contribution in [0.4, 0.5) is 0 Å². The van der Waals surface area contributed by atoms with Gasteiger partial charge in [-0.05, 0) is 49.6 Å². The van der Waals surface area contributed by atoms with E-state index in [0.29, 0.717) is 23.1 Å². The monoisotopic (exact) mass is 312 g/mol. The Morgan fingerprint density at radius 2 is 1.61 bits per heavy atom. The van der Waals surface area contributed by atoms with Crippen LogP contribution in [0.5, 0.6) is 23.0 Å². The molecule has 0 bridgehead atoms. The fraction of sp³-hybridized carbons (Fsp3) is 0.158. The molecule has 4 nitrogen and oxygen atoms in total. The lowest BCUT2D eigenvalue weighted by Gasteiger charge is -2.08. The Balaban J connectivity index is 2.39. The van der Waals surface area contributed by atoms with Crippen LogP contribution in [-0.4, -0.2) is 20.4 Å². The van der Waals surface area contributed by atoms with E-state index in [1.165, 1.54) is 18.2 Å². The molecule has 4 heteroatoms. The van der Waals surface area contributed by atoms with Crippen molar-refractivity contribution in [2.24, 2.45) is 0 Å². The number of phenolic OH excluding ortho intramolecular Hbond substituents is 4. The predicted molar refractivity (Wildman–Crippen MR) is 91.6 cm³/mol. The predicted octanol–water partition coefficient (Wildman–Crippen LogP) is 4.19. The highest BCUT2D eigenvalue weighted by atomic mass is 16.3. The lowest BCUT2D eigenvalue weighted by atomic mass is 10.0. The van der Waals surface area contributed by atoms with Gasteiger partial charge in [0, 0.05) is 11.6 Å². The largest absolute Gasteiger partial charge is 0.508 e. The standard InChI is InChI=1S/C19H20O4/c1-12(2)3-7-16-14(10-15(20)11-18(16)22)6-4-13-5-8-17(21)19(23)9-13/h3-6,8-11,20-23H,7H2,1-2H3. The molecule has 120 valence electrons. The van der Waals surface area contributed by atoms with Crippen LogP contribution in [0.25, 0.3) is 12.2 Å². The SMILES string of the molecule is CC(C)=CCc1c(O)cc(O)cc1C=Cc1ccc(O)c(O)c1. The number of hydrogen-bond acceptors (Lipinski definition) is 4. The van der Waals surface area contributed by atoms with Crippen LogP contribution in [0.15, 0.2) is 42.0 Å². The number of aromatic hydroxyl groups is 4. The van der Waals surface area contributed by atoms with Gasteiger partial charge in [-0.3, -0.25) is 0 Å². The van der Waals surface area contributed by atoms with Crippen LogP contribution in [-0.2, 0) is 6.42 Å². The van der Waals surface area contributed by atoms with Gasteiger partial charge in [0.25, 0.3) is 0 Å². The summed E-state index contributed by atoms with van der Waals surface area (Å²) in [4.78, 5) is 0. The second kappa shape index (κ2) is 6.92. The van der Waals surface area contributed by atoms with Crippen molar-refractivity contribution in [1.29, 1.82) is 0 Å². The highest BCUT2D eigenvalue weighted by Gasteiger charge is 2.07. The maximum Gasteiger partial charge on any atom is 0.157 e. The van der Waals surface area contributed by atoms with E-state index in [4.69, 9.17) is 0 Å². The van der Waals surface area contributed by atoms with Gasteiger partial charge in [0.05, 0.1) is 0 Å². The average Bonchev–Trinajstić information content (AvgIpc) is 2.47. The molecule has 0 saturated carbocycles. The fourth-order valence-corrected chi connectivity index (χ4v) is 2.17. The molecule has 0 amide bonds. The molecule has 0 aliphatic rings. The van der Waals surface area contributed by atoms with Gasteiger partial charge < -0.3 is 20.4 Å². The van der Waals surface area contributed by atoms with E-state index in [1.54, 1.807) is 24.3 Å². The summed E-state index contributed by atoms with van der Waals surface area (Å²) in [6.45, 7) is 3.96. The molecule has 0 aliphatic heterocycles. The summed E-state index contributed by atoms with van der Waals surface area (Å²) < 4.78 is 0. The molecule has 0 saturated heterocycles. The summed E-state index contributed by atoms with van der Waals surface area (Å²) in [5.41, 5.74) is 3.22. The molecule has 2 aromatic carbocycles. The molecule has 0 radical (unpaired) electrons. The van der Waals surface area contributed by atoms with E-state index in [9.17, 15) is 20.4 Å². The van der Waals surface area contributed by atoms with Gasteiger partial charge in [-0.2, -0.15) is 0 Å². The minimum atomic E-state index is -0.198. The third-order valence-electron chi connectivity index (χ3n) is 3.41. The molecular weight excluding hydrogens is 292 g/mol. The zero-order chi connectivity index (χ0) is 17.0.